The number of nitrogens with one attached hydrogen (secondary N) is 2. The summed E-state index contributed by atoms with van der Waals surface area (Å²) in [6.45, 7) is 0.583. The number of carboxylic acid groups (broad SMARTS) is 2. The Kier molecular flexibility index (Phi) is 11.6. The number of aliphatic hydroxyl groups excluding tert-OH is 1. The molecule has 0 spiro atoms. The van der Waals surface area contributed by atoms with E-state index in [1.54, 1.807) is 30.3 Å². The number of amides is 1. The molecule has 0 aliphatic rings. The van der Waals surface area contributed by atoms with Crippen LogP contribution in [0.2, 0.25) is 0 Å². The molecule has 252 valence electrons. The number of H-pyrrole nitrogens is 1. The number of aryl methyl sites for hydroxylation is 1. The number of hydrogen-bond donors (Lipinski definition) is 6. The number of benzene rings is 4. The fraction of sp³-hybridized carbons (Fsp3) is 0.125. The average Bonchev–Trinajstić information content (AvgIpc) is 3.58. The first kappa shape index (κ1) is 34.9. The number of carbonyl (C=O) groups is 3. The van der Waals surface area contributed by atoms with Gasteiger partial charge in [-0.2, -0.15) is 0 Å². The molecule has 10 nitrogen and oxygen atoms in total. The predicted octanol–water partition coefficient (Wildman–Crippen LogP) is 4.65. The number of hydrogen-bond acceptors (Lipinski definition) is 5. The van der Waals surface area contributed by atoms with Gasteiger partial charge < -0.3 is 25.6 Å². The SMILES string of the molecule is [NH2+]=C(CC(O)C(=O)O)c1ccc(-c2nc(-c3ccc(/C=C/C(=O)O)cc3)[nH]c2-c2ccc(/C=C/C(=O)NCCCc3ccccc3)cc2)cc1. The van der Waals surface area contributed by atoms with Crippen LogP contribution in [0, 0.1) is 0 Å². The quantitative estimate of drug-likeness (QED) is 0.0534. The van der Waals surface area contributed by atoms with Crippen LogP contribution in [0.5, 0.6) is 0 Å². The zero-order chi connectivity index (χ0) is 35.5. The van der Waals surface area contributed by atoms with Crippen molar-refractivity contribution in [3.8, 4) is 33.9 Å². The van der Waals surface area contributed by atoms with Crippen molar-refractivity contribution < 1.29 is 35.1 Å². The first-order valence-electron chi connectivity index (χ1n) is 16.0. The molecular weight excluding hydrogens is 632 g/mol. The van der Waals surface area contributed by atoms with E-state index >= 15 is 0 Å². The Morgan fingerprint density at radius 3 is 2.00 bits per heavy atom. The number of rotatable bonds is 15. The molecule has 1 unspecified atom stereocenters. The molecule has 1 amide bonds. The molecule has 5 rings (SSSR count). The van der Waals surface area contributed by atoms with Gasteiger partial charge in [-0.05, 0) is 53.8 Å². The van der Waals surface area contributed by atoms with Gasteiger partial charge in [-0.1, -0.05) is 91.0 Å². The number of carbonyl (C=O) groups excluding carboxylic acids is 1. The molecule has 1 aromatic heterocycles. The van der Waals surface area contributed by atoms with E-state index in [-0.39, 0.29) is 18.0 Å². The van der Waals surface area contributed by atoms with Gasteiger partial charge in [0.15, 0.2) is 11.8 Å². The molecular formula is C40H37N4O6+. The number of aromatic amines is 1. The second-order valence-electron chi connectivity index (χ2n) is 11.6. The minimum absolute atomic E-state index is 0.161. The van der Waals surface area contributed by atoms with Gasteiger partial charge in [0.1, 0.15) is 5.82 Å². The number of carboxylic acids is 2. The van der Waals surface area contributed by atoms with Crippen molar-refractivity contribution in [1.82, 2.24) is 15.3 Å². The maximum Gasteiger partial charge on any atom is 0.333 e. The van der Waals surface area contributed by atoms with Gasteiger partial charge in [-0.25, -0.2) is 14.6 Å². The Hall–Kier alpha value is -6.39. The van der Waals surface area contributed by atoms with Crippen LogP contribution >= 0.6 is 0 Å². The zero-order valence-corrected chi connectivity index (χ0v) is 27.1. The van der Waals surface area contributed by atoms with Gasteiger partial charge in [0.2, 0.25) is 5.91 Å². The summed E-state index contributed by atoms with van der Waals surface area (Å²) in [6, 6.07) is 32.3. The highest BCUT2D eigenvalue weighted by molar-refractivity contribution is 5.99. The molecule has 7 N–H and O–H groups in total. The number of nitrogens with two attached hydrogens (primary N) is 1. The van der Waals surface area contributed by atoms with Gasteiger partial charge >= 0.3 is 11.9 Å². The van der Waals surface area contributed by atoms with Crippen LogP contribution in [-0.4, -0.2) is 61.5 Å². The Labute approximate surface area is 289 Å². The maximum atomic E-state index is 12.4. The van der Waals surface area contributed by atoms with Crippen LogP contribution in [0.15, 0.2) is 115 Å². The largest absolute Gasteiger partial charge is 0.479 e. The van der Waals surface area contributed by atoms with E-state index in [1.807, 2.05) is 66.7 Å². The minimum atomic E-state index is -1.60. The van der Waals surface area contributed by atoms with Crippen LogP contribution < -0.4 is 10.7 Å². The Bertz CT molecular complexity index is 2010. The van der Waals surface area contributed by atoms with Gasteiger partial charge in [0.05, 0.1) is 17.8 Å². The third-order valence-electron chi connectivity index (χ3n) is 7.94. The van der Waals surface area contributed by atoms with Crippen molar-refractivity contribution in [1.29, 1.82) is 0 Å². The van der Waals surface area contributed by atoms with E-state index in [1.165, 1.54) is 17.7 Å². The topological polar surface area (TPSA) is 178 Å². The zero-order valence-electron chi connectivity index (χ0n) is 27.1. The molecule has 0 bridgehead atoms. The number of aromatic nitrogens is 2. The van der Waals surface area contributed by atoms with Crippen molar-refractivity contribution in [3.05, 3.63) is 138 Å². The molecule has 0 saturated carbocycles. The monoisotopic (exact) mass is 669 g/mol. The van der Waals surface area contributed by atoms with Crippen molar-refractivity contribution in [3.63, 3.8) is 0 Å². The maximum absolute atomic E-state index is 12.4. The van der Waals surface area contributed by atoms with E-state index in [9.17, 15) is 19.5 Å². The Morgan fingerprint density at radius 1 is 0.780 bits per heavy atom. The summed E-state index contributed by atoms with van der Waals surface area (Å²) in [5, 5.41) is 36.7. The van der Waals surface area contributed by atoms with Crippen LogP contribution in [0.3, 0.4) is 0 Å². The van der Waals surface area contributed by atoms with Crippen LogP contribution in [0.4, 0.5) is 0 Å². The number of imidazole rings is 1. The first-order valence-corrected chi connectivity index (χ1v) is 16.0. The van der Waals surface area contributed by atoms with Gasteiger partial charge in [0.25, 0.3) is 0 Å². The van der Waals surface area contributed by atoms with Gasteiger partial charge in [-0.3, -0.25) is 10.2 Å². The second-order valence-corrected chi connectivity index (χ2v) is 11.6. The lowest BCUT2D eigenvalue weighted by Gasteiger charge is -2.06. The molecule has 4 aromatic carbocycles. The summed E-state index contributed by atoms with van der Waals surface area (Å²) in [5.74, 6) is -1.94. The fourth-order valence-corrected chi connectivity index (χ4v) is 5.24. The normalized spacial score (nSPS) is 11.9. The molecule has 0 radical (unpaired) electrons. The van der Waals surface area contributed by atoms with E-state index in [4.69, 9.17) is 20.6 Å². The highest BCUT2D eigenvalue weighted by Gasteiger charge is 2.21. The van der Waals surface area contributed by atoms with Crippen LogP contribution in [0.1, 0.15) is 35.1 Å². The fourth-order valence-electron chi connectivity index (χ4n) is 5.24. The molecule has 0 aliphatic heterocycles. The summed E-state index contributed by atoms with van der Waals surface area (Å²) in [7, 11) is 0. The molecule has 1 atom stereocenters. The number of aliphatic carboxylic acids is 2. The van der Waals surface area contributed by atoms with Crippen molar-refractivity contribution in [2.75, 3.05) is 6.54 Å². The standard InChI is InChI=1S/C40H36N4O6/c41-33(25-34(45)40(49)50)29-18-20-31(21-19-29)38-37(43-39(44-38)32-16-10-28(11-17-32)13-23-36(47)48)30-14-8-27(9-15-30)12-22-35(46)42-24-4-7-26-5-2-1-3-6-26/h1-3,5-6,8-23,34,41,45H,4,7,24-25H2,(H,42,46)(H,43,44)(H,47,48)(H,49,50)/p+1/b22-12+,23-13+,41-33?. The Morgan fingerprint density at radius 2 is 1.38 bits per heavy atom. The van der Waals surface area contributed by atoms with E-state index in [0.717, 1.165) is 52.4 Å². The summed E-state index contributed by atoms with van der Waals surface area (Å²) in [5.41, 5.74) is 7.45. The molecule has 0 fully saturated rings. The van der Waals surface area contributed by atoms with E-state index < -0.39 is 18.0 Å². The Balaban J connectivity index is 1.35. The number of nitrogens with zero attached hydrogens (tertiary/aromatic N) is 1. The lowest BCUT2D eigenvalue weighted by atomic mass is 9.99. The average molecular weight is 670 g/mol. The van der Waals surface area contributed by atoms with Crippen molar-refractivity contribution >= 4 is 35.7 Å². The summed E-state index contributed by atoms with van der Waals surface area (Å²) < 4.78 is 0. The molecule has 0 aliphatic carbocycles. The van der Waals surface area contributed by atoms with Gasteiger partial charge in [-0.15, -0.1) is 0 Å². The van der Waals surface area contributed by atoms with E-state index in [2.05, 4.69) is 22.4 Å². The third-order valence-corrected chi connectivity index (χ3v) is 7.94. The third kappa shape index (κ3) is 9.59. The summed E-state index contributed by atoms with van der Waals surface area (Å²) in [6.07, 6.45) is 5.80. The van der Waals surface area contributed by atoms with Crippen molar-refractivity contribution in [2.45, 2.75) is 25.4 Å². The second kappa shape index (κ2) is 16.6. The minimum Gasteiger partial charge on any atom is -0.479 e. The molecule has 0 saturated heterocycles. The first-order chi connectivity index (χ1) is 24.2. The lowest BCUT2D eigenvalue weighted by molar-refractivity contribution is -0.148. The smallest absolute Gasteiger partial charge is 0.333 e. The highest BCUT2D eigenvalue weighted by Crippen LogP contribution is 2.34. The molecule has 1 heterocycles. The predicted molar refractivity (Wildman–Crippen MR) is 193 cm³/mol. The lowest BCUT2D eigenvalue weighted by Crippen LogP contribution is -2.43. The van der Waals surface area contributed by atoms with Crippen molar-refractivity contribution in [2.24, 2.45) is 0 Å². The molecule has 10 heteroatoms. The number of aliphatic hydroxyl groups is 1. The summed E-state index contributed by atoms with van der Waals surface area (Å²) >= 11 is 0. The molecule has 50 heavy (non-hydrogen) atoms. The van der Waals surface area contributed by atoms with Gasteiger partial charge in [0, 0.05) is 41.0 Å². The molecule has 5 aromatic rings. The van der Waals surface area contributed by atoms with E-state index in [0.29, 0.717) is 23.6 Å². The van der Waals surface area contributed by atoms with Crippen LogP contribution in [-0.2, 0) is 20.8 Å². The summed E-state index contributed by atoms with van der Waals surface area (Å²) in [4.78, 5) is 42.7. The highest BCUT2D eigenvalue weighted by atomic mass is 16.4. The van der Waals surface area contributed by atoms with Crippen LogP contribution in [0.25, 0.3) is 46.1 Å².